The number of esters is 1. The quantitative estimate of drug-likeness (QED) is 0.247. The summed E-state index contributed by atoms with van der Waals surface area (Å²) in [6.07, 6.45) is 6.60. The summed E-state index contributed by atoms with van der Waals surface area (Å²) in [7, 11) is 1.35. The van der Waals surface area contributed by atoms with Crippen molar-refractivity contribution in [2.45, 2.75) is 59.5 Å². The molecule has 3 heterocycles. The van der Waals surface area contributed by atoms with Gasteiger partial charge in [0, 0.05) is 42.0 Å². The van der Waals surface area contributed by atoms with Crippen LogP contribution in [-0.4, -0.2) is 39.6 Å². The number of hydrogen-bond acceptors (Lipinski definition) is 5. The summed E-state index contributed by atoms with van der Waals surface area (Å²) in [5.41, 5.74) is 4.69. The van der Waals surface area contributed by atoms with Crippen LogP contribution in [0.4, 0.5) is 11.4 Å². The molecule has 190 valence electrons. The molecule has 0 saturated carbocycles. The number of nitrogens with one attached hydrogen (secondary N) is 3. The minimum Gasteiger partial charge on any atom is -0.464 e. The lowest BCUT2D eigenvalue weighted by molar-refractivity contribution is -0.114. The summed E-state index contributed by atoms with van der Waals surface area (Å²) in [4.78, 5) is 32.8. The van der Waals surface area contributed by atoms with Gasteiger partial charge in [0.05, 0.1) is 24.7 Å². The Hall–Kier alpha value is -3.81. The van der Waals surface area contributed by atoms with Gasteiger partial charge in [-0.05, 0) is 49.8 Å². The molecule has 4 aromatic rings. The lowest BCUT2D eigenvalue weighted by Crippen LogP contribution is -2.16. The fourth-order valence-corrected chi connectivity index (χ4v) is 4.59. The van der Waals surface area contributed by atoms with Crippen molar-refractivity contribution < 1.29 is 14.3 Å². The van der Waals surface area contributed by atoms with E-state index in [0.717, 1.165) is 30.5 Å². The number of amides is 1. The van der Waals surface area contributed by atoms with Crippen molar-refractivity contribution in [3.63, 3.8) is 0 Å². The van der Waals surface area contributed by atoms with E-state index in [1.807, 2.05) is 16.7 Å². The third-order valence-corrected chi connectivity index (χ3v) is 6.44. The molecule has 36 heavy (non-hydrogen) atoms. The molecule has 1 atom stereocenters. The maximum absolute atomic E-state index is 12.8. The molecule has 0 radical (unpaired) electrons. The molecule has 0 saturated heterocycles. The number of ether oxygens (including phenoxy) is 1. The molecule has 8 nitrogen and oxygen atoms in total. The zero-order valence-corrected chi connectivity index (χ0v) is 21.6. The molecule has 1 aromatic carbocycles. The zero-order valence-electron chi connectivity index (χ0n) is 21.6. The standard InChI is InChI=1S/C28H35N5O3/c1-17(2)12-13-33-26(28(35)36-5)25(32-19(4)34)23-14-21(16-30-27(23)33)31-18(3)10-11-20-15-29-24-9-7-6-8-22(20)24/h6-9,14-18,29,31H,10-13H2,1-5H3,(H,32,34). The molecule has 8 heteroatoms. The van der Waals surface area contributed by atoms with Gasteiger partial charge < -0.3 is 24.9 Å². The third kappa shape index (κ3) is 5.37. The van der Waals surface area contributed by atoms with E-state index in [4.69, 9.17) is 9.72 Å². The van der Waals surface area contributed by atoms with E-state index >= 15 is 0 Å². The average molecular weight is 490 g/mol. The number of carbonyl (C=O) groups excluding carboxylic acids is 2. The van der Waals surface area contributed by atoms with Gasteiger partial charge in [-0.15, -0.1) is 0 Å². The van der Waals surface area contributed by atoms with Crippen LogP contribution in [0.25, 0.3) is 21.9 Å². The Kier molecular flexibility index (Phi) is 7.62. The lowest BCUT2D eigenvalue weighted by atomic mass is 10.1. The van der Waals surface area contributed by atoms with Gasteiger partial charge in [0.2, 0.25) is 5.91 Å². The van der Waals surface area contributed by atoms with Crippen LogP contribution >= 0.6 is 0 Å². The Morgan fingerprint density at radius 2 is 1.92 bits per heavy atom. The van der Waals surface area contributed by atoms with Gasteiger partial charge in [0.15, 0.2) is 5.69 Å². The Morgan fingerprint density at radius 1 is 1.14 bits per heavy atom. The monoisotopic (exact) mass is 489 g/mol. The van der Waals surface area contributed by atoms with Crippen LogP contribution in [0.5, 0.6) is 0 Å². The number of H-pyrrole nitrogens is 1. The molecular weight excluding hydrogens is 454 g/mol. The number of aromatic amines is 1. The summed E-state index contributed by atoms with van der Waals surface area (Å²) < 4.78 is 6.93. The number of aromatic nitrogens is 3. The van der Waals surface area contributed by atoms with Gasteiger partial charge in [-0.2, -0.15) is 0 Å². The number of carbonyl (C=O) groups is 2. The second-order valence-corrected chi connectivity index (χ2v) is 9.77. The Balaban J connectivity index is 1.61. The van der Waals surface area contributed by atoms with Crippen LogP contribution in [0, 0.1) is 5.92 Å². The topological polar surface area (TPSA) is 101 Å². The largest absolute Gasteiger partial charge is 0.464 e. The highest BCUT2D eigenvalue weighted by molar-refractivity contribution is 6.11. The van der Waals surface area contributed by atoms with Crippen molar-refractivity contribution >= 4 is 45.2 Å². The highest BCUT2D eigenvalue weighted by atomic mass is 16.5. The van der Waals surface area contributed by atoms with Crippen LogP contribution in [0.15, 0.2) is 42.7 Å². The van der Waals surface area contributed by atoms with E-state index < -0.39 is 5.97 Å². The van der Waals surface area contributed by atoms with Crippen LogP contribution < -0.4 is 10.6 Å². The second kappa shape index (κ2) is 10.8. The molecule has 4 rings (SSSR count). The summed E-state index contributed by atoms with van der Waals surface area (Å²) in [6.45, 7) is 8.43. The Labute approximate surface area is 211 Å². The van der Waals surface area contributed by atoms with Crippen LogP contribution in [0.3, 0.4) is 0 Å². The molecule has 0 bridgehead atoms. The first kappa shape index (κ1) is 25.3. The van der Waals surface area contributed by atoms with E-state index in [0.29, 0.717) is 34.9 Å². The first-order chi connectivity index (χ1) is 17.3. The second-order valence-electron chi connectivity index (χ2n) is 9.77. The number of nitrogens with zero attached hydrogens (tertiary/aromatic N) is 2. The van der Waals surface area contributed by atoms with E-state index in [1.54, 1.807) is 6.20 Å². The highest BCUT2D eigenvalue weighted by Gasteiger charge is 2.25. The van der Waals surface area contributed by atoms with Gasteiger partial charge in [0.1, 0.15) is 5.65 Å². The van der Waals surface area contributed by atoms with Gasteiger partial charge in [0.25, 0.3) is 0 Å². The first-order valence-electron chi connectivity index (χ1n) is 12.5. The summed E-state index contributed by atoms with van der Waals surface area (Å²) >= 11 is 0. The maximum atomic E-state index is 12.8. The van der Waals surface area contributed by atoms with Crippen molar-refractivity contribution in [3.05, 3.63) is 54.0 Å². The van der Waals surface area contributed by atoms with Gasteiger partial charge >= 0.3 is 5.97 Å². The van der Waals surface area contributed by atoms with Crippen LogP contribution in [0.2, 0.25) is 0 Å². The smallest absolute Gasteiger partial charge is 0.356 e. The Bertz CT molecular complexity index is 1380. The van der Waals surface area contributed by atoms with Crippen molar-refractivity contribution in [1.82, 2.24) is 14.5 Å². The molecule has 3 N–H and O–H groups in total. The summed E-state index contributed by atoms with van der Waals surface area (Å²) in [5, 5.41) is 8.35. The van der Waals surface area contributed by atoms with Crippen molar-refractivity contribution in [2.75, 3.05) is 17.7 Å². The molecule has 0 aliphatic carbocycles. The highest BCUT2D eigenvalue weighted by Crippen LogP contribution is 2.33. The molecule has 0 aliphatic rings. The number of aryl methyl sites for hydroxylation is 2. The molecule has 0 spiro atoms. The third-order valence-electron chi connectivity index (χ3n) is 6.44. The van der Waals surface area contributed by atoms with E-state index in [1.165, 1.54) is 25.0 Å². The molecule has 1 unspecified atom stereocenters. The van der Waals surface area contributed by atoms with Gasteiger partial charge in [-0.25, -0.2) is 9.78 Å². The summed E-state index contributed by atoms with van der Waals surface area (Å²) in [6, 6.07) is 10.5. The van der Waals surface area contributed by atoms with Crippen LogP contribution in [0.1, 0.15) is 56.6 Å². The zero-order chi connectivity index (χ0) is 25.8. The Morgan fingerprint density at radius 3 is 2.64 bits per heavy atom. The SMILES string of the molecule is COC(=O)c1c(NC(C)=O)c2cc(NC(C)CCc3c[nH]c4ccccc34)cnc2n1CCC(C)C. The van der Waals surface area contributed by atoms with Gasteiger partial charge in [-0.3, -0.25) is 4.79 Å². The van der Waals surface area contributed by atoms with E-state index in [-0.39, 0.29) is 11.9 Å². The fraction of sp³-hybridized carbons (Fsp3) is 0.393. The molecule has 1 amide bonds. The lowest BCUT2D eigenvalue weighted by Gasteiger charge is -2.15. The van der Waals surface area contributed by atoms with Crippen molar-refractivity contribution in [2.24, 2.45) is 5.92 Å². The predicted octanol–water partition coefficient (Wildman–Crippen LogP) is 5.74. The summed E-state index contributed by atoms with van der Waals surface area (Å²) in [5.74, 6) is -0.313. The predicted molar refractivity (Wildman–Crippen MR) is 145 cm³/mol. The number of para-hydroxylation sites is 1. The minimum absolute atomic E-state index is 0.185. The maximum Gasteiger partial charge on any atom is 0.356 e. The van der Waals surface area contributed by atoms with E-state index in [9.17, 15) is 9.59 Å². The van der Waals surface area contributed by atoms with Crippen LogP contribution in [-0.2, 0) is 22.5 Å². The number of methoxy groups -OCH3 is 1. The van der Waals surface area contributed by atoms with Crippen molar-refractivity contribution in [3.8, 4) is 0 Å². The number of anilines is 2. The number of benzene rings is 1. The fourth-order valence-electron chi connectivity index (χ4n) is 4.59. The van der Waals surface area contributed by atoms with Gasteiger partial charge in [-0.1, -0.05) is 32.0 Å². The molecular formula is C28H35N5O3. The number of hydrogen-bond donors (Lipinski definition) is 3. The number of pyridine rings is 1. The average Bonchev–Trinajstić information content (AvgIpc) is 3.39. The molecule has 0 aliphatic heterocycles. The van der Waals surface area contributed by atoms with E-state index in [2.05, 4.69) is 60.8 Å². The normalized spacial score (nSPS) is 12.3. The molecule has 3 aromatic heterocycles. The first-order valence-corrected chi connectivity index (χ1v) is 12.5. The number of rotatable bonds is 10. The number of fused-ring (bicyclic) bond motifs is 2. The van der Waals surface area contributed by atoms with Crippen molar-refractivity contribution in [1.29, 1.82) is 0 Å². The minimum atomic E-state index is -0.498. The molecule has 0 fully saturated rings.